The first-order valence-corrected chi connectivity index (χ1v) is 9.67. The molecule has 0 aliphatic carbocycles. The highest BCUT2D eigenvalue weighted by atomic mass is 32.2. The van der Waals surface area contributed by atoms with Crippen LogP contribution in [0.2, 0.25) is 0 Å². The number of ether oxygens (including phenoxy) is 1. The molecule has 0 bridgehead atoms. The zero-order valence-electron chi connectivity index (χ0n) is 12.5. The van der Waals surface area contributed by atoms with Crippen molar-refractivity contribution in [3.05, 3.63) is 54.1 Å². The highest BCUT2D eigenvalue weighted by Gasteiger charge is 2.20. The van der Waals surface area contributed by atoms with E-state index in [9.17, 15) is 4.21 Å². The fourth-order valence-electron chi connectivity index (χ4n) is 2.52. The molecule has 0 saturated carbocycles. The Morgan fingerprint density at radius 2 is 2.05 bits per heavy atom. The Morgan fingerprint density at radius 3 is 2.82 bits per heavy atom. The van der Waals surface area contributed by atoms with E-state index in [-0.39, 0.29) is 6.10 Å². The van der Waals surface area contributed by atoms with Gasteiger partial charge in [0.15, 0.2) is 0 Å². The Balaban J connectivity index is 1.80. The molecule has 1 aliphatic heterocycles. The number of benzene rings is 2. The maximum Gasteiger partial charge on any atom is 0.124 e. The molecular weight excluding hydrogens is 314 g/mol. The summed E-state index contributed by atoms with van der Waals surface area (Å²) in [6.45, 7) is 0.826. The fourth-order valence-corrected chi connectivity index (χ4v) is 3.96. The van der Waals surface area contributed by atoms with Gasteiger partial charge in [-0.15, -0.1) is 0 Å². The highest BCUT2D eigenvalue weighted by Crippen LogP contribution is 2.30. The predicted molar refractivity (Wildman–Crippen MR) is 91.8 cm³/mol. The Labute approximate surface area is 138 Å². The Morgan fingerprint density at radius 1 is 1.23 bits per heavy atom. The zero-order chi connectivity index (χ0) is 15.4. The normalized spacial score (nSPS) is 18.3. The van der Waals surface area contributed by atoms with Crippen LogP contribution in [0.1, 0.15) is 12.0 Å². The summed E-state index contributed by atoms with van der Waals surface area (Å²) in [4.78, 5) is 1.61. The molecule has 3 rings (SSSR count). The third-order valence-corrected chi connectivity index (χ3v) is 5.53. The van der Waals surface area contributed by atoms with E-state index in [1.807, 2.05) is 54.8 Å². The molecule has 2 aromatic rings. The van der Waals surface area contributed by atoms with Gasteiger partial charge in [-0.2, -0.15) is 0 Å². The van der Waals surface area contributed by atoms with E-state index >= 15 is 0 Å². The number of hydrogen-bond acceptors (Lipinski definition) is 4. The molecule has 1 N–H and O–H groups in total. The van der Waals surface area contributed by atoms with Crippen LogP contribution in [0.15, 0.2) is 58.3 Å². The average molecular weight is 333 g/mol. The van der Waals surface area contributed by atoms with Crippen molar-refractivity contribution in [1.29, 1.82) is 0 Å². The molecule has 2 atom stereocenters. The van der Waals surface area contributed by atoms with Crippen molar-refractivity contribution in [2.45, 2.75) is 28.7 Å². The molecule has 1 heterocycles. The lowest BCUT2D eigenvalue weighted by Crippen LogP contribution is -2.31. The van der Waals surface area contributed by atoms with E-state index < -0.39 is 10.8 Å². The number of aryl methyl sites for hydroxylation is 1. The van der Waals surface area contributed by atoms with Gasteiger partial charge < -0.3 is 4.74 Å². The second-order valence-electron chi connectivity index (χ2n) is 5.18. The topological polar surface area (TPSA) is 38.3 Å². The molecule has 22 heavy (non-hydrogen) atoms. The second kappa shape index (κ2) is 7.31. The molecule has 0 saturated heterocycles. The van der Waals surface area contributed by atoms with Crippen molar-refractivity contribution in [1.82, 2.24) is 4.72 Å². The van der Waals surface area contributed by atoms with E-state index in [0.717, 1.165) is 34.9 Å². The van der Waals surface area contributed by atoms with Crippen LogP contribution in [0.25, 0.3) is 0 Å². The van der Waals surface area contributed by atoms with Gasteiger partial charge in [-0.05, 0) is 48.9 Å². The van der Waals surface area contributed by atoms with Gasteiger partial charge in [-0.3, -0.25) is 4.72 Å². The summed E-state index contributed by atoms with van der Waals surface area (Å²) in [6, 6.07) is 15.5. The van der Waals surface area contributed by atoms with Crippen molar-refractivity contribution >= 4 is 22.7 Å². The van der Waals surface area contributed by atoms with Gasteiger partial charge >= 0.3 is 0 Å². The average Bonchev–Trinajstić information content (AvgIpc) is 2.59. The van der Waals surface area contributed by atoms with Crippen LogP contribution >= 0.6 is 11.9 Å². The Hall–Kier alpha value is -1.30. The smallest absolute Gasteiger partial charge is 0.124 e. The first kappa shape index (κ1) is 15.6. The number of rotatable bonds is 5. The van der Waals surface area contributed by atoms with E-state index in [2.05, 4.69) is 4.72 Å². The largest absolute Gasteiger partial charge is 0.489 e. The lowest BCUT2D eigenvalue weighted by molar-refractivity contribution is 0.177. The Kier molecular flexibility index (Phi) is 5.18. The minimum absolute atomic E-state index is 0.181. The first-order valence-electron chi connectivity index (χ1n) is 7.30. The van der Waals surface area contributed by atoms with E-state index in [1.54, 1.807) is 11.9 Å². The van der Waals surface area contributed by atoms with Crippen molar-refractivity contribution in [3.8, 4) is 5.75 Å². The summed E-state index contributed by atoms with van der Waals surface area (Å²) < 4.78 is 21.9. The maximum absolute atomic E-state index is 12.6. The van der Waals surface area contributed by atoms with Gasteiger partial charge in [0.25, 0.3) is 0 Å². The van der Waals surface area contributed by atoms with Crippen LogP contribution in [0, 0.1) is 0 Å². The zero-order valence-corrected chi connectivity index (χ0v) is 14.1. The molecule has 1 aliphatic rings. The van der Waals surface area contributed by atoms with Gasteiger partial charge in [0, 0.05) is 16.3 Å². The second-order valence-corrected chi connectivity index (χ2v) is 7.36. The maximum atomic E-state index is 12.6. The van der Waals surface area contributed by atoms with Gasteiger partial charge in [0.2, 0.25) is 0 Å². The van der Waals surface area contributed by atoms with Gasteiger partial charge in [0.05, 0.1) is 10.8 Å². The van der Waals surface area contributed by atoms with Crippen LogP contribution in [0.4, 0.5) is 0 Å². The Bertz CT molecular complexity index is 661. The summed E-state index contributed by atoms with van der Waals surface area (Å²) in [7, 11) is -1.16. The quantitative estimate of drug-likeness (QED) is 0.851. The first-order chi connectivity index (χ1) is 10.8. The van der Waals surface area contributed by atoms with Crippen molar-refractivity contribution in [2.24, 2.45) is 0 Å². The van der Waals surface area contributed by atoms with Crippen LogP contribution in [0.5, 0.6) is 5.75 Å². The molecule has 0 amide bonds. The van der Waals surface area contributed by atoms with Gasteiger partial charge in [0.1, 0.15) is 11.9 Å². The molecule has 5 heteroatoms. The van der Waals surface area contributed by atoms with Crippen LogP contribution in [-0.4, -0.2) is 23.1 Å². The third-order valence-electron chi connectivity index (χ3n) is 3.69. The number of fused-ring (bicyclic) bond motifs is 1. The van der Waals surface area contributed by atoms with Crippen LogP contribution in [-0.2, 0) is 17.2 Å². The molecule has 0 spiro atoms. The van der Waals surface area contributed by atoms with Gasteiger partial charge in [-0.1, -0.05) is 36.2 Å². The summed E-state index contributed by atoms with van der Waals surface area (Å²) in [6.07, 6.45) is 4.22. The summed E-state index contributed by atoms with van der Waals surface area (Å²) >= 11 is 1.60. The highest BCUT2D eigenvalue weighted by molar-refractivity contribution is 7.96. The van der Waals surface area contributed by atoms with Crippen LogP contribution in [0.3, 0.4) is 0 Å². The third kappa shape index (κ3) is 3.54. The minimum atomic E-state index is -1.16. The van der Waals surface area contributed by atoms with Gasteiger partial charge in [-0.25, -0.2) is 4.21 Å². The molecule has 3 nitrogen and oxygen atoms in total. The molecule has 1 unspecified atom stereocenters. The molecule has 0 aromatic heterocycles. The van der Waals surface area contributed by atoms with E-state index in [4.69, 9.17) is 4.74 Å². The summed E-state index contributed by atoms with van der Waals surface area (Å²) in [5.74, 6) is 0.876. The fraction of sp³-hybridized carbons (Fsp3) is 0.294. The molecular formula is C17H19NO2S2. The molecule has 0 radical (unpaired) electrons. The molecule has 116 valence electrons. The van der Waals surface area contributed by atoms with E-state index in [1.165, 1.54) is 5.56 Å². The minimum Gasteiger partial charge on any atom is -0.489 e. The monoisotopic (exact) mass is 333 g/mol. The van der Waals surface area contributed by atoms with Crippen molar-refractivity contribution in [3.63, 3.8) is 0 Å². The number of hydrogen-bond donors (Lipinski definition) is 1. The molecule has 0 fully saturated rings. The summed E-state index contributed by atoms with van der Waals surface area (Å²) in [5.41, 5.74) is 1.20. The molecule has 2 aromatic carbocycles. The lowest BCUT2D eigenvalue weighted by atomic mass is 10.0. The standard InChI is InChI=1S/C17H19NO2S2/c1-21-18-12-14-9-7-13-8-10-16(11-17(13)20-14)22(19)15-5-3-2-4-6-15/h2-6,8,10-11,14,18H,7,9,12H2,1H3/t14-,22?/m1/s1. The van der Waals surface area contributed by atoms with Crippen molar-refractivity contribution in [2.75, 3.05) is 12.8 Å². The van der Waals surface area contributed by atoms with E-state index in [0.29, 0.717) is 0 Å². The predicted octanol–water partition coefficient (Wildman–Crippen LogP) is 3.41. The SMILES string of the molecule is CSNC[C@H]1CCc2ccc(S(=O)c3ccccc3)cc2O1. The summed E-state index contributed by atoms with van der Waals surface area (Å²) in [5, 5.41) is 0. The van der Waals surface area contributed by atoms with Crippen molar-refractivity contribution < 1.29 is 8.95 Å². The lowest BCUT2D eigenvalue weighted by Gasteiger charge is -2.26. The van der Waals surface area contributed by atoms with Crippen LogP contribution < -0.4 is 9.46 Å². The number of nitrogens with one attached hydrogen (secondary N) is 1.